The van der Waals surface area contributed by atoms with Crippen molar-refractivity contribution in [2.24, 2.45) is 0 Å². The lowest BCUT2D eigenvalue weighted by atomic mass is 10.4. The normalized spacial score (nSPS) is 10.7. The van der Waals surface area contributed by atoms with Crippen LogP contribution in [0.2, 0.25) is 0 Å². The number of nitrogens with zero attached hydrogens (tertiary/aromatic N) is 3. The van der Waals surface area contributed by atoms with Crippen LogP contribution in [-0.2, 0) is 0 Å². The quantitative estimate of drug-likeness (QED) is 0.857. The zero-order chi connectivity index (χ0) is 11.5. The number of pyridine rings is 1. The Morgan fingerprint density at radius 1 is 1.31 bits per heavy atom. The fraction of sp³-hybridized carbons (Fsp3) is 0.273. The third-order valence-corrected chi connectivity index (χ3v) is 2.09. The Bertz CT molecular complexity index is 461. The first-order valence-electron chi connectivity index (χ1n) is 5.08. The molecule has 0 aromatic carbocycles. The number of anilines is 1. The van der Waals surface area contributed by atoms with Crippen LogP contribution in [0.5, 0.6) is 11.6 Å². The van der Waals surface area contributed by atoms with Crippen LogP contribution in [0.4, 0.5) is 5.69 Å². The van der Waals surface area contributed by atoms with Crippen LogP contribution < -0.4 is 10.5 Å². The topological polar surface area (TPSA) is 66.0 Å². The maximum absolute atomic E-state index is 5.53. The lowest BCUT2D eigenvalue weighted by molar-refractivity contribution is 0.459. The molecule has 0 saturated heterocycles. The molecule has 5 nitrogen and oxygen atoms in total. The smallest absolute Gasteiger partial charge is 0.219 e. The summed E-state index contributed by atoms with van der Waals surface area (Å²) in [7, 11) is 0. The summed E-state index contributed by atoms with van der Waals surface area (Å²) in [5, 5.41) is 4.17. The molecule has 0 amide bonds. The van der Waals surface area contributed by atoms with Gasteiger partial charge in [-0.15, -0.1) is 0 Å². The minimum Gasteiger partial charge on any atom is -0.436 e. The highest BCUT2D eigenvalue weighted by molar-refractivity contribution is 5.36. The van der Waals surface area contributed by atoms with Gasteiger partial charge in [-0.05, 0) is 19.9 Å². The Hall–Kier alpha value is -2.04. The highest BCUT2D eigenvalue weighted by Gasteiger charge is 2.04. The van der Waals surface area contributed by atoms with Gasteiger partial charge in [-0.25, -0.2) is 4.98 Å². The van der Waals surface area contributed by atoms with Crippen LogP contribution in [0, 0.1) is 0 Å². The fourth-order valence-corrected chi connectivity index (χ4v) is 1.23. The summed E-state index contributed by atoms with van der Waals surface area (Å²) in [4.78, 5) is 4.04. The van der Waals surface area contributed by atoms with Gasteiger partial charge in [-0.3, -0.25) is 4.68 Å². The SMILES string of the molecule is CC(C)n1cc(Oc2ccc(N)cn2)cn1. The number of hydrogen-bond donors (Lipinski definition) is 1. The Morgan fingerprint density at radius 2 is 2.12 bits per heavy atom. The van der Waals surface area contributed by atoms with E-state index in [0.717, 1.165) is 0 Å². The molecule has 2 rings (SSSR count). The van der Waals surface area contributed by atoms with Gasteiger partial charge in [0.25, 0.3) is 0 Å². The molecule has 0 aliphatic heterocycles. The number of nitrogens with two attached hydrogens (primary N) is 1. The van der Waals surface area contributed by atoms with E-state index in [4.69, 9.17) is 10.5 Å². The van der Waals surface area contributed by atoms with E-state index in [1.807, 2.05) is 10.9 Å². The maximum atomic E-state index is 5.53. The fourth-order valence-electron chi connectivity index (χ4n) is 1.23. The molecule has 2 heterocycles. The highest BCUT2D eigenvalue weighted by atomic mass is 16.5. The monoisotopic (exact) mass is 218 g/mol. The molecule has 0 atom stereocenters. The molecule has 5 heteroatoms. The first-order valence-corrected chi connectivity index (χ1v) is 5.08. The van der Waals surface area contributed by atoms with E-state index < -0.39 is 0 Å². The summed E-state index contributed by atoms with van der Waals surface area (Å²) in [6.07, 6.45) is 5.06. The molecule has 84 valence electrons. The van der Waals surface area contributed by atoms with Crippen molar-refractivity contribution in [2.45, 2.75) is 19.9 Å². The molecule has 0 aliphatic rings. The van der Waals surface area contributed by atoms with E-state index in [2.05, 4.69) is 23.9 Å². The van der Waals surface area contributed by atoms with Gasteiger partial charge in [0, 0.05) is 12.1 Å². The van der Waals surface area contributed by atoms with E-state index in [0.29, 0.717) is 23.4 Å². The number of nitrogen functional groups attached to an aromatic ring is 1. The summed E-state index contributed by atoms with van der Waals surface area (Å²) in [5.74, 6) is 1.18. The van der Waals surface area contributed by atoms with Crippen molar-refractivity contribution < 1.29 is 4.74 Å². The van der Waals surface area contributed by atoms with E-state index in [9.17, 15) is 0 Å². The van der Waals surface area contributed by atoms with Crippen molar-refractivity contribution in [2.75, 3.05) is 5.73 Å². The van der Waals surface area contributed by atoms with Crippen molar-refractivity contribution in [3.63, 3.8) is 0 Å². The van der Waals surface area contributed by atoms with E-state index in [1.54, 1.807) is 24.5 Å². The molecular formula is C11H14N4O. The van der Waals surface area contributed by atoms with Crippen molar-refractivity contribution in [3.8, 4) is 11.6 Å². The van der Waals surface area contributed by atoms with Gasteiger partial charge in [0.1, 0.15) is 0 Å². The lowest BCUT2D eigenvalue weighted by Crippen LogP contribution is -1.99. The number of aromatic nitrogens is 3. The zero-order valence-electron chi connectivity index (χ0n) is 9.29. The molecule has 0 radical (unpaired) electrons. The second-order valence-electron chi connectivity index (χ2n) is 3.78. The number of hydrogen-bond acceptors (Lipinski definition) is 4. The molecular weight excluding hydrogens is 204 g/mol. The summed E-state index contributed by atoms with van der Waals surface area (Å²) in [6, 6.07) is 3.79. The third kappa shape index (κ3) is 2.31. The van der Waals surface area contributed by atoms with Gasteiger partial charge in [-0.2, -0.15) is 5.10 Å². The maximum Gasteiger partial charge on any atom is 0.219 e. The standard InChI is InChI=1S/C11H14N4O/c1-8(2)15-7-10(6-14-15)16-11-4-3-9(12)5-13-11/h3-8H,12H2,1-2H3. The van der Waals surface area contributed by atoms with Crippen LogP contribution in [0.3, 0.4) is 0 Å². The predicted molar refractivity (Wildman–Crippen MR) is 61.3 cm³/mol. The first kappa shape index (κ1) is 10.5. The molecule has 0 spiro atoms. The molecule has 0 unspecified atom stereocenters. The van der Waals surface area contributed by atoms with Crippen LogP contribution in [-0.4, -0.2) is 14.8 Å². The average Bonchev–Trinajstić information content (AvgIpc) is 2.70. The van der Waals surface area contributed by atoms with E-state index >= 15 is 0 Å². The molecule has 16 heavy (non-hydrogen) atoms. The molecule has 2 aromatic rings. The minimum atomic E-state index is 0.316. The summed E-state index contributed by atoms with van der Waals surface area (Å²) in [5.41, 5.74) is 6.15. The van der Waals surface area contributed by atoms with Crippen molar-refractivity contribution in [1.29, 1.82) is 0 Å². The third-order valence-electron chi connectivity index (χ3n) is 2.09. The Labute approximate surface area is 93.9 Å². The van der Waals surface area contributed by atoms with Crippen molar-refractivity contribution >= 4 is 5.69 Å². The zero-order valence-corrected chi connectivity index (χ0v) is 9.29. The largest absolute Gasteiger partial charge is 0.436 e. The molecule has 0 bridgehead atoms. The molecule has 0 saturated carbocycles. The van der Waals surface area contributed by atoms with Gasteiger partial charge in [0.15, 0.2) is 5.75 Å². The van der Waals surface area contributed by atoms with Crippen LogP contribution in [0.15, 0.2) is 30.7 Å². The minimum absolute atomic E-state index is 0.316. The molecule has 0 fully saturated rings. The molecule has 0 aliphatic carbocycles. The Morgan fingerprint density at radius 3 is 2.69 bits per heavy atom. The van der Waals surface area contributed by atoms with Crippen LogP contribution in [0.1, 0.15) is 19.9 Å². The van der Waals surface area contributed by atoms with Crippen LogP contribution >= 0.6 is 0 Å². The average molecular weight is 218 g/mol. The van der Waals surface area contributed by atoms with Gasteiger partial charge in [-0.1, -0.05) is 0 Å². The molecule has 2 aromatic heterocycles. The lowest BCUT2D eigenvalue weighted by Gasteiger charge is -2.03. The van der Waals surface area contributed by atoms with Gasteiger partial charge in [0.2, 0.25) is 5.88 Å². The van der Waals surface area contributed by atoms with E-state index in [1.165, 1.54) is 0 Å². The van der Waals surface area contributed by atoms with Crippen molar-refractivity contribution in [3.05, 3.63) is 30.7 Å². The van der Waals surface area contributed by atoms with Gasteiger partial charge in [0.05, 0.1) is 24.3 Å². The van der Waals surface area contributed by atoms with Gasteiger partial charge >= 0.3 is 0 Å². The summed E-state index contributed by atoms with van der Waals surface area (Å²) < 4.78 is 7.34. The molecule has 2 N–H and O–H groups in total. The van der Waals surface area contributed by atoms with Crippen LogP contribution in [0.25, 0.3) is 0 Å². The first-order chi connectivity index (χ1) is 7.65. The summed E-state index contributed by atoms with van der Waals surface area (Å²) in [6.45, 7) is 4.11. The number of ether oxygens (including phenoxy) is 1. The van der Waals surface area contributed by atoms with Gasteiger partial charge < -0.3 is 10.5 Å². The van der Waals surface area contributed by atoms with Crippen molar-refractivity contribution in [1.82, 2.24) is 14.8 Å². The number of rotatable bonds is 3. The second-order valence-corrected chi connectivity index (χ2v) is 3.78. The van der Waals surface area contributed by atoms with E-state index in [-0.39, 0.29) is 0 Å². The highest BCUT2D eigenvalue weighted by Crippen LogP contribution is 2.20. The predicted octanol–water partition coefficient (Wildman–Crippen LogP) is 2.23. The second kappa shape index (κ2) is 4.22. The summed E-state index contributed by atoms with van der Waals surface area (Å²) >= 11 is 0. The Kier molecular flexibility index (Phi) is 2.76. The Balaban J connectivity index is 2.11.